The van der Waals surface area contributed by atoms with Gasteiger partial charge < -0.3 is 25.8 Å². The quantitative estimate of drug-likeness (QED) is 0.372. The maximum absolute atomic E-state index is 13.2. The minimum atomic E-state index is -0.649. The lowest BCUT2D eigenvalue weighted by Gasteiger charge is -2.16. The Kier molecular flexibility index (Phi) is 6.26. The number of carbonyl (C=O) groups excluding carboxylic acids is 2. The molecular formula is C25H21FN4O4. The van der Waals surface area contributed by atoms with Crippen molar-refractivity contribution in [2.45, 2.75) is 0 Å². The second kappa shape index (κ2) is 9.45. The van der Waals surface area contributed by atoms with E-state index in [2.05, 4.69) is 15.6 Å². The van der Waals surface area contributed by atoms with Crippen LogP contribution < -0.4 is 25.8 Å². The molecule has 0 aliphatic rings. The number of ether oxygens (including phenoxy) is 2. The number of nitrogens with one attached hydrogen (secondary N) is 2. The number of anilines is 2. The number of carbonyl (C=O) groups is 2. The largest absolute Gasteiger partial charge is 0.496 e. The fourth-order valence-corrected chi connectivity index (χ4v) is 3.51. The van der Waals surface area contributed by atoms with Crippen LogP contribution in [0.2, 0.25) is 0 Å². The van der Waals surface area contributed by atoms with Crippen LogP contribution in [0.15, 0.2) is 66.9 Å². The van der Waals surface area contributed by atoms with Gasteiger partial charge in [-0.1, -0.05) is 6.07 Å². The molecule has 0 radical (unpaired) electrons. The summed E-state index contributed by atoms with van der Waals surface area (Å²) in [6.45, 7) is 0. The van der Waals surface area contributed by atoms with Crippen molar-refractivity contribution in [3.63, 3.8) is 0 Å². The summed E-state index contributed by atoms with van der Waals surface area (Å²) in [7, 11) is 3.10. The van der Waals surface area contributed by atoms with Crippen LogP contribution in [0.5, 0.6) is 17.2 Å². The van der Waals surface area contributed by atoms with Gasteiger partial charge in [0.15, 0.2) is 5.75 Å². The number of benzene rings is 3. The van der Waals surface area contributed by atoms with Gasteiger partial charge in [0.25, 0.3) is 11.8 Å². The fraction of sp³-hybridized carbons (Fsp3) is 0.0800. The van der Waals surface area contributed by atoms with E-state index in [-0.39, 0.29) is 5.56 Å². The molecular weight excluding hydrogens is 439 g/mol. The zero-order valence-corrected chi connectivity index (χ0v) is 18.4. The first-order valence-electron chi connectivity index (χ1n) is 10.2. The Morgan fingerprint density at radius 1 is 0.971 bits per heavy atom. The van der Waals surface area contributed by atoms with Gasteiger partial charge in [-0.2, -0.15) is 0 Å². The maximum Gasteiger partial charge on any atom is 0.257 e. The highest BCUT2D eigenvalue weighted by Crippen LogP contribution is 2.37. The molecule has 1 aromatic heterocycles. The molecule has 9 heteroatoms. The van der Waals surface area contributed by atoms with E-state index < -0.39 is 17.6 Å². The second-order valence-corrected chi connectivity index (χ2v) is 7.23. The van der Waals surface area contributed by atoms with E-state index in [0.717, 1.165) is 0 Å². The molecule has 0 saturated carbocycles. The predicted molar refractivity (Wildman–Crippen MR) is 127 cm³/mol. The molecule has 3 aromatic carbocycles. The third-order valence-electron chi connectivity index (χ3n) is 5.13. The molecule has 0 atom stereocenters. The predicted octanol–water partition coefficient (Wildman–Crippen LogP) is 4.57. The van der Waals surface area contributed by atoms with E-state index in [1.165, 1.54) is 31.4 Å². The van der Waals surface area contributed by atoms with Crippen LogP contribution in [-0.4, -0.2) is 31.0 Å². The van der Waals surface area contributed by atoms with Crippen molar-refractivity contribution in [3.8, 4) is 17.2 Å². The van der Waals surface area contributed by atoms with Crippen molar-refractivity contribution in [1.29, 1.82) is 0 Å². The average Bonchev–Trinajstić information content (AvgIpc) is 2.84. The number of pyridine rings is 1. The SMILES string of the molecule is CNc1c(Oc2ccnc3cc(OC)c(C(N)=O)cc23)cccc1C(=O)Nc1ccc(F)cc1. The number of rotatable bonds is 7. The van der Waals surface area contributed by atoms with Gasteiger partial charge in [-0.15, -0.1) is 0 Å². The first-order valence-corrected chi connectivity index (χ1v) is 10.2. The van der Waals surface area contributed by atoms with Crippen LogP contribution in [0.25, 0.3) is 10.9 Å². The van der Waals surface area contributed by atoms with Crippen molar-refractivity contribution in [2.24, 2.45) is 5.73 Å². The summed E-state index contributed by atoms with van der Waals surface area (Å²) in [5.74, 6) is -0.363. The van der Waals surface area contributed by atoms with Gasteiger partial charge >= 0.3 is 0 Å². The number of primary amides is 1. The Hall–Kier alpha value is -4.66. The summed E-state index contributed by atoms with van der Waals surface area (Å²) >= 11 is 0. The van der Waals surface area contributed by atoms with Crippen molar-refractivity contribution in [1.82, 2.24) is 4.98 Å². The monoisotopic (exact) mass is 460 g/mol. The normalized spacial score (nSPS) is 10.6. The topological polar surface area (TPSA) is 116 Å². The Balaban J connectivity index is 1.72. The number of halogens is 1. The molecule has 0 saturated heterocycles. The number of fused-ring (bicyclic) bond motifs is 1. The lowest BCUT2D eigenvalue weighted by Crippen LogP contribution is -2.14. The summed E-state index contributed by atoms with van der Waals surface area (Å²) in [6.07, 6.45) is 1.56. The van der Waals surface area contributed by atoms with Crippen LogP contribution in [0.1, 0.15) is 20.7 Å². The number of nitrogens with two attached hydrogens (primary N) is 1. The van der Waals surface area contributed by atoms with E-state index >= 15 is 0 Å². The summed E-state index contributed by atoms with van der Waals surface area (Å²) < 4.78 is 24.6. The summed E-state index contributed by atoms with van der Waals surface area (Å²) in [4.78, 5) is 29.1. The van der Waals surface area contributed by atoms with Crippen molar-refractivity contribution < 1.29 is 23.5 Å². The Bertz CT molecular complexity index is 1390. The number of hydrogen-bond donors (Lipinski definition) is 3. The van der Waals surface area contributed by atoms with Gasteiger partial charge in [0.05, 0.1) is 29.4 Å². The lowest BCUT2D eigenvalue weighted by atomic mass is 10.1. The highest BCUT2D eigenvalue weighted by molar-refractivity contribution is 6.09. The third-order valence-corrected chi connectivity index (χ3v) is 5.13. The van der Waals surface area contributed by atoms with Crippen LogP contribution in [0.4, 0.5) is 15.8 Å². The molecule has 0 fully saturated rings. The Morgan fingerprint density at radius 2 is 1.74 bits per heavy atom. The molecule has 0 bridgehead atoms. The van der Waals surface area contributed by atoms with Crippen LogP contribution >= 0.6 is 0 Å². The highest BCUT2D eigenvalue weighted by atomic mass is 19.1. The van der Waals surface area contributed by atoms with Crippen molar-refractivity contribution >= 4 is 34.1 Å². The standard InChI is InChI=1S/C25H21FN4O4/c1-28-23-16(25(32)30-15-8-6-14(26)7-9-15)4-3-5-21(23)34-20-10-11-29-19-13-22(33-2)18(24(27)31)12-17(19)20/h3-13,28H,1-2H3,(H2,27,31)(H,30,32). The van der Waals surface area contributed by atoms with E-state index in [1.807, 2.05) is 0 Å². The third kappa shape index (κ3) is 4.44. The van der Waals surface area contributed by atoms with Gasteiger partial charge in [0.2, 0.25) is 0 Å². The van der Waals surface area contributed by atoms with E-state index in [9.17, 15) is 14.0 Å². The average molecular weight is 460 g/mol. The Labute approximate surface area is 194 Å². The molecule has 0 aliphatic carbocycles. The van der Waals surface area contributed by atoms with Gasteiger partial charge in [-0.3, -0.25) is 14.6 Å². The highest BCUT2D eigenvalue weighted by Gasteiger charge is 2.18. The Morgan fingerprint density at radius 3 is 2.41 bits per heavy atom. The molecule has 172 valence electrons. The van der Waals surface area contributed by atoms with Crippen LogP contribution in [-0.2, 0) is 0 Å². The summed E-state index contributed by atoms with van der Waals surface area (Å²) in [5, 5.41) is 6.28. The van der Waals surface area contributed by atoms with Crippen LogP contribution in [0, 0.1) is 5.82 Å². The minimum absolute atomic E-state index is 0.189. The van der Waals surface area contributed by atoms with Crippen molar-refractivity contribution in [3.05, 3.63) is 83.8 Å². The molecule has 34 heavy (non-hydrogen) atoms. The summed E-state index contributed by atoms with van der Waals surface area (Å²) in [5.41, 5.74) is 7.44. The maximum atomic E-state index is 13.2. The number of methoxy groups -OCH3 is 1. The molecule has 1 heterocycles. The van der Waals surface area contributed by atoms with Gasteiger partial charge in [0, 0.05) is 30.4 Å². The molecule has 4 rings (SSSR count). The zero-order valence-electron chi connectivity index (χ0n) is 18.4. The lowest BCUT2D eigenvalue weighted by molar-refractivity contribution is 0.0995. The van der Waals surface area contributed by atoms with Crippen LogP contribution in [0.3, 0.4) is 0 Å². The zero-order chi connectivity index (χ0) is 24.2. The number of hydrogen-bond acceptors (Lipinski definition) is 6. The smallest absolute Gasteiger partial charge is 0.257 e. The second-order valence-electron chi connectivity index (χ2n) is 7.23. The molecule has 2 amide bonds. The van der Waals surface area contributed by atoms with Gasteiger partial charge in [-0.25, -0.2) is 4.39 Å². The van der Waals surface area contributed by atoms with E-state index in [1.54, 1.807) is 49.6 Å². The molecule has 4 N–H and O–H groups in total. The minimum Gasteiger partial charge on any atom is -0.496 e. The van der Waals surface area contributed by atoms with Crippen molar-refractivity contribution in [2.75, 3.05) is 24.8 Å². The molecule has 0 aliphatic heterocycles. The van der Waals surface area contributed by atoms with Gasteiger partial charge in [0.1, 0.15) is 17.3 Å². The first-order chi connectivity index (χ1) is 16.4. The fourth-order valence-electron chi connectivity index (χ4n) is 3.51. The number of para-hydroxylation sites is 1. The molecule has 0 unspecified atom stereocenters. The number of nitrogens with zero attached hydrogens (tertiary/aromatic N) is 1. The van der Waals surface area contributed by atoms with E-state index in [0.29, 0.717) is 45.1 Å². The molecule has 0 spiro atoms. The molecule has 4 aromatic rings. The summed E-state index contributed by atoms with van der Waals surface area (Å²) in [6, 6.07) is 15.3. The first kappa shape index (κ1) is 22.5. The van der Waals surface area contributed by atoms with Gasteiger partial charge in [-0.05, 0) is 48.5 Å². The molecule has 8 nitrogen and oxygen atoms in total. The van der Waals surface area contributed by atoms with E-state index in [4.69, 9.17) is 15.2 Å². The number of amides is 2. The number of aromatic nitrogens is 1.